The summed E-state index contributed by atoms with van der Waals surface area (Å²) in [5, 5.41) is 9.04. The van der Waals surface area contributed by atoms with E-state index in [-0.39, 0.29) is 5.82 Å². The third kappa shape index (κ3) is 3.03. The zero-order valence-electron chi connectivity index (χ0n) is 9.40. The molecular formula is C13H18FNO. The van der Waals surface area contributed by atoms with Gasteiger partial charge >= 0.3 is 0 Å². The summed E-state index contributed by atoms with van der Waals surface area (Å²) in [6.45, 7) is 3.26. The predicted octanol–water partition coefficient (Wildman–Crippen LogP) is 2.03. The topological polar surface area (TPSA) is 23.5 Å². The molecule has 1 N–H and O–H groups in total. The van der Waals surface area contributed by atoms with E-state index in [0.717, 1.165) is 38.0 Å². The third-order valence-electron chi connectivity index (χ3n) is 3.28. The van der Waals surface area contributed by atoms with E-state index in [9.17, 15) is 4.39 Å². The van der Waals surface area contributed by atoms with Gasteiger partial charge in [0.1, 0.15) is 5.82 Å². The molecule has 0 unspecified atom stereocenters. The number of rotatable bonds is 3. The Morgan fingerprint density at radius 1 is 1.19 bits per heavy atom. The van der Waals surface area contributed by atoms with E-state index in [2.05, 4.69) is 4.90 Å². The highest BCUT2D eigenvalue weighted by atomic mass is 19.1. The quantitative estimate of drug-likeness (QED) is 0.847. The molecule has 0 radical (unpaired) electrons. The molecule has 1 aromatic carbocycles. The fourth-order valence-corrected chi connectivity index (χ4v) is 2.18. The van der Waals surface area contributed by atoms with Crippen molar-refractivity contribution in [3.8, 4) is 0 Å². The summed E-state index contributed by atoms with van der Waals surface area (Å²) in [5.74, 6) is 0.298. The van der Waals surface area contributed by atoms with E-state index < -0.39 is 0 Å². The van der Waals surface area contributed by atoms with Gasteiger partial charge in [-0.15, -0.1) is 0 Å². The summed E-state index contributed by atoms with van der Waals surface area (Å²) >= 11 is 0. The van der Waals surface area contributed by atoms with Crippen LogP contribution in [0.2, 0.25) is 0 Å². The lowest BCUT2D eigenvalue weighted by Crippen LogP contribution is -2.34. The first-order valence-corrected chi connectivity index (χ1v) is 5.85. The molecule has 1 aliphatic rings. The molecule has 0 bridgehead atoms. The molecule has 3 heteroatoms. The van der Waals surface area contributed by atoms with Gasteiger partial charge in [-0.25, -0.2) is 4.39 Å². The van der Waals surface area contributed by atoms with Gasteiger partial charge in [0.05, 0.1) is 0 Å². The molecule has 1 aliphatic heterocycles. The smallest absolute Gasteiger partial charge is 0.123 e. The Kier molecular flexibility index (Phi) is 3.91. The molecule has 2 nitrogen and oxygen atoms in total. The van der Waals surface area contributed by atoms with Crippen LogP contribution in [0.3, 0.4) is 0 Å². The van der Waals surface area contributed by atoms with Gasteiger partial charge in [0.25, 0.3) is 0 Å². The van der Waals surface area contributed by atoms with E-state index in [1.807, 2.05) is 12.1 Å². The van der Waals surface area contributed by atoms with Crippen molar-refractivity contribution in [1.82, 2.24) is 4.90 Å². The summed E-state index contributed by atoms with van der Waals surface area (Å²) in [4.78, 5) is 2.36. The number of nitrogens with zero attached hydrogens (tertiary/aromatic N) is 1. The minimum atomic E-state index is -0.178. The molecule has 0 atom stereocenters. The van der Waals surface area contributed by atoms with Crippen LogP contribution in [0.1, 0.15) is 18.4 Å². The molecule has 16 heavy (non-hydrogen) atoms. The molecule has 0 amide bonds. The number of aliphatic hydroxyl groups excluding tert-OH is 1. The maximum Gasteiger partial charge on any atom is 0.123 e. The predicted molar refractivity (Wildman–Crippen MR) is 61.5 cm³/mol. The second-order valence-electron chi connectivity index (χ2n) is 4.53. The fraction of sp³-hybridized carbons (Fsp3) is 0.538. The van der Waals surface area contributed by atoms with Crippen LogP contribution in [-0.2, 0) is 6.54 Å². The van der Waals surface area contributed by atoms with E-state index >= 15 is 0 Å². The summed E-state index contributed by atoms with van der Waals surface area (Å²) in [7, 11) is 0. The van der Waals surface area contributed by atoms with Crippen molar-refractivity contribution in [2.24, 2.45) is 5.92 Å². The van der Waals surface area contributed by atoms with Gasteiger partial charge in [0.2, 0.25) is 0 Å². The van der Waals surface area contributed by atoms with Crippen LogP contribution in [0.5, 0.6) is 0 Å². The van der Waals surface area contributed by atoms with E-state index in [1.54, 1.807) is 0 Å². The highest BCUT2D eigenvalue weighted by Crippen LogP contribution is 2.18. The van der Waals surface area contributed by atoms with Crippen molar-refractivity contribution in [1.29, 1.82) is 0 Å². The zero-order chi connectivity index (χ0) is 11.4. The van der Waals surface area contributed by atoms with Crippen molar-refractivity contribution in [3.63, 3.8) is 0 Å². The number of piperidine rings is 1. The highest BCUT2D eigenvalue weighted by molar-refractivity contribution is 5.15. The molecular weight excluding hydrogens is 205 g/mol. The van der Waals surface area contributed by atoms with Crippen molar-refractivity contribution >= 4 is 0 Å². The van der Waals surface area contributed by atoms with Crippen molar-refractivity contribution in [2.45, 2.75) is 19.4 Å². The Bertz CT molecular complexity index is 317. The highest BCUT2D eigenvalue weighted by Gasteiger charge is 2.18. The first-order chi connectivity index (χ1) is 7.78. The van der Waals surface area contributed by atoms with Crippen molar-refractivity contribution in [2.75, 3.05) is 19.7 Å². The first-order valence-electron chi connectivity index (χ1n) is 5.85. The minimum Gasteiger partial charge on any atom is -0.396 e. The van der Waals surface area contributed by atoms with Crippen LogP contribution in [0.15, 0.2) is 24.3 Å². The van der Waals surface area contributed by atoms with Crippen LogP contribution in [-0.4, -0.2) is 29.7 Å². The van der Waals surface area contributed by atoms with E-state index in [0.29, 0.717) is 12.5 Å². The number of halogens is 1. The molecule has 1 saturated heterocycles. The average Bonchev–Trinajstić information content (AvgIpc) is 2.33. The number of likely N-dealkylation sites (tertiary alicyclic amines) is 1. The molecule has 0 aromatic heterocycles. The number of aliphatic hydroxyl groups is 1. The van der Waals surface area contributed by atoms with Gasteiger partial charge in [0.15, 0.2) is 0 Å². The maximum absolute atomic E-state index is 12.7. The molecule has 0 spiro atoms. The van der Waals surface area contributed by atoms with Gasteiger partial charge in [0, 0.05) is 13.2 Å². The van der Waals surface area contributed by atoms with Crippen LogP contribution in [0.4, 0.5) is 4.39 Å². The molecule has 1 aromatic rings. The molecule has 88 valence electrons. The summed E-state index contributed by atoms with van der Waals surface area (Å²) < 4.78 is 12.7. The van der Waals surface area contributed by atoms with E-state index in [1.165, 1.54) is 12.1 Å². The summed E-state index contributed by atoms with van der Waals surface area (Å²) in [6, 6.07) is 6.70. The first kappa shape index (κ1) is 11.6. The van der Waals surface area contributed by atoms with Crippen molar-refractivity contribution < 1.29 is 9.50 Å². The molecule has 1 heterocycles. The van der Waals surface area contributed by atoms with Gasteiger partial charge in [-0.1, -0.05) is 12.1 Å². The Hall–Kier alpha value is -0.930. The second kappa shape index (κ2) is 5.41. The summed E-state index contributed by atoms with van der Waals surface area (Å²) in [6.07, 6.45) is 2.13. The Labute approximate surface area is 95.7 Å². The van der Waals surface area contributed by atoms with Crippen molar-refractivity contribution in [3.05, 3.63) is 35.6 Å². The number of hydrogen-bond acceptors (Lipinski definition) is 2. The normalized spacial score (nSPS) is 18.9. The van der Waals surface area contributed by atoms with E-state index in [4.69, 9.17) is 5.11 Å². The van der Waals surface area contributed by atoms with Crippen LogP contribution < -0.4 is 0 Å². The lowest BCUT2D eigenvalue weighted by molar-refractivity contribution is 0.127. The Morgan fingerprint density at radius 2 is 1.81 bits per heavy atom. The van der Waals surface area contributed by atoms with Gasteiger partial charge in [-0.05, 0) is 49.5 Å². The Morgan fingerprint density at radius 3 is 2.38 bits per heavy atom. The average molecular weight is 223 g/mol. The van der Waals surface area contributed by atoms with Crippen LogP contribution in [0, 0.1) is 11.7 Å². The number of benzene rings is 1. The largest absolute Gasteiger partial charge is 0.396 e. The monoisotopic (exact) mass is 223 g/mol. The second-order valence-corrected chi connectivity index (χ2v) is 4.53. The summed E-state index contributed by atoms with van der Waals surface area (Å²) in [5.41, 5.74) is 1.16. The zero-order valence-corrected chi connectivity index (χ0v) is 9.40. The van der Waals surface area contributed by atoms with Gasteiger partial charge in [-0.3, -0.25) is 4.90 Å². The standard InChI is InChI=1S/C13H18FNO/c14-13-3-1-11(2-4-13)9-15-7-5-12(10-16)6-8-15/h1-4,12,16H,5-10H2. The van der Waals surface area contributed by atoms with Gasteiger partial charge in [-0.2, -0.15) is 0 Å². The molecule has 2 rings (SSSR count). The molecule has 0 saturated carbocycles. The lowest BCUT2D eigenvalue weighted by Gasteiger charge is -2.31. The molecule has 1 fully saturated rings. The number of hydrogen-bond donors (Lipinski definition) is 1. The third-order valence-corrected chi connectivity index (χ3v) is 3.28. The lowest BCUT2D eigenvalue weighted by atomic mass is 9.97. The maximum atomic E-state index is 12.7. The minimum absolute atomic E-state index is 0.178. The van der Waals surface area contributed by atoms with Crippen LogP contribution in [0.25, 0.3) is 0 Å². The van der Waals surface area contributed by atoms with Gasteiger partial charge < -0.3 is 5.11 Å². The van der Waals surface area contributed by atoms with Crippen LogP contribution >= 0.6 is 0 Å². The SMILES string of the molecule is OCC1CCN(Cc2ccc(F)cc2)CC1. The Balaban J connectivity index is 1.84. The molecule has 0 aliphatic carbocycles. The fourth-order valence-electron chi connectivity index (χ4n) is 2.18.